The third kappa shape index (κ3) is 4.50. The highest BCUT2D eigenvalue weighted by atomic mass is 19.3. The molecule has 34 heavy (non-hydrogen) atoms. The number of nitrogens with zero attached hydrogens (tertiary/aromatic N) is 4. The molecule has 9 heteroatoms. The minimum atomic E-state index is -3.44. The molecule has 0 bridgehead atoms. The van der Waals surface area contributed by atoms with Crippen molar-refractivity contribution in [1.82, 2.24) is 10.3 Å². The van der Waals surface area contributed by atoms with Gasteiger partial charge in [-0.1, -0.05) is 18.2 Å². The normalized spacial score (nSPS) is 16.4. The van der Waals surface area contributed by atoms with E-state index in [0.717, 1.165) is 13.8 Å². The van der Waals surface area contributed by atoms with E-state index in [0.29, 0.717) is 41.2 Å². The van der Waals surface area contributed by atoms with Gasteiger partial charge < -0.3 is 15.2 Å². The van der Waals surface area contributed by atoms with Crippen LogP contribution in [0.4, 0.5) is 14.6 Å². The lowest BCUT2D eigenvalue weighted by Gasteiger charge is -2.30. The number of benzene rings is 1. The number of rotatable bonds is 8. The van der Waals surface area contributed by atoms with Crippen molar-refractivity contribution < 1.29 is 18.6 Å². The minimum Gasteiger partial charge on any atom is -0.481 e. The van der Waals surface area contributed by atoms with Crippen molar-refractivity contribution in [2.45, 2.75) is 56.6 Å². The predicted molar refractivity (Wildman–Crippen MR) is 127 cm³/mol. The molecular formula is C25H29F2N5O2. The monoisotopic (exact) mass is 469 g/mol. The fourth-order valence-electron chi connectivity index (χ4n) is 3.75. The molecule has 1 aliphatic carbocycles. The second-order valence-electron chi connectivity index (χ2n) is 8.97. The fraction of sp³-hybridized carbons (Fsp3) is 0.440. The molecule has 0 saturated heterocycles. The zero-order valence-corrected chi connectivity index (χ0v) is 20.0. The first-order valence-corrected chi connectivity index (χ1v) is 10.9. The van der Waals surface area contributed by atoms with E-state index < -0.39 is 23.0 Å². The van der Waals surface area contributed by atoms with Crippen LogP contribution in [0.3, 0.4) is 0 Å². The molecule has 7 nitrogen and oxygen atoms in total. The van der Waals surface area contributed by atoms with Gasteiger partial charge in [-0.3, -0.25) is 4.99 Å². The van der Waals surface area contributed by atoms with Crippen LogP contribution in [0.2, 0.25) is 0 Å². The standard InChI is InChI=1S/C25H29F2N5O2/c1-15(16-8-7-9-17(12-16)25(26,27)23(2,3)33)31-20(29-4)18-13-19(24(14-28)10-11-24)22(34-6)32-21(18)30-5/h7-9,12-13,15,33H,5,10-11H2,1-4,6H3,(H,29,31)/t15-/m1/s1. The van der Waals surface area contributed by atoms with Gasteiger partial charge in [-0.2, -0.15) is 19.0 Å². The van der Waals surface area contributed by atoms with E-state index in [1.165, 1.54) is 25.3 Å². The summed E-state index contributed by atoms with van der Waals surface area (Å²) >= 11 is 0. The van der Waals surface area contributed by atoms with E-state index in [2.05, 4.69) is 33.1 Å². The molecule has 1 aromatic heterocycles. The first-order valence-electron chi connectivity index (χ1n) is 10.9. The first-order chi connectivity index (χ1) is 15.9. The van der Waals surface area contributed by atoms with Crippen molar-refractivity contribution in [3.05, 3.63) is 52.6 Å². The molecule has 1 aliphatic rings. The fourth-order valence-corrected chi connectivity index (χ4v) is 3.75. The number of amidine groups is 1. The van der Waals surface area contributed by atoms with Crippen LogP contribution in [-0.2, 0) is 11.3 Å². The minimum absolute atomic E-state index is 0.275. The second-order valence-corrected chi connectivity index (χ2v) is 8.97. The summed E-state index contributed by atoms with van der Waals surface area (Å²) < 4.78 is 34.8. The molecule has 1 aromatic carbocycles. The number of aliphatic hydroxyl groups is 1. The van der Waals surface area contributed by atoms with Crippen LogP contribution in [0.15, 0.2) is 40.3 Å². The summed E-state index contributed by atoms with van der Waals surface area (Å²) in [6, 6.07) is 9.60. The zero-order chi connectivity index (χ0) is 25.3. The SMILES string of the molecule is C=Nc1nc(OC)c(C2(C#N)CC2)cc1/C(=N\C)N[C@H](C)c1cccc(C(F)(F)C(C)(C)O)c1. The summed E-state index contributed by atoms with van der Waals surface area (Å²) in [7, 11) is 3.07. The number of aromatic nitrogens is 1. The molecule has 1 saturated carbocycles. The van der Waals surface area contributed by atoms with Gasteiger partial charge >= 0.3 is 5.92 Å². The Morgan fingerprint density at radius 3 is 2.53 bits per heavy atom. The van der Waals surface area contributed by atoms with Gasteiger partial charge in [0.05, 0.1) is 24.2 Å². The Bertz CT molecular complexity index is 1160. The largest absolute Gasteiger partial charge is 0.481 e. The number of hydrogen-bond acceptors (Lipinski definition) is 6. The highest BCUT2D eigenvalue weighted by Crippen LogP contribution is 2.51. The van der Waals surface area contributed by atoms with E-state index in [1.54, 1.807) is 19.2 Å². The van der Waals surface area contributed by atoms with E-state index in [-0.39, 0.29) is 11.4 Å². The molecule has 0 unspecified atom stereocenters. The van der Waals surface area contributed by atoms with Gasteiger partial charge in [0.1, 0.15) is 11.4 Å². The van der Waals surface area contributed by atoms with Gasteiger partial charge in [0.25, 0.3) is 0 Å². The molecular weight excluding hydrogens is 440 g/mol. The lowest BCUT2D eigenvalue weighted by atomic mass is 9.91. The summed E-state index contributed by atoms with van der Waals surface area (Å²) in [6.45, 7) is 7.55. The molecule has 3 rings (SSSR count). The molecule has 0 amide bonds. The average Bonchev–Trinajstić information content (AvgIpc) is 3.62. The number of nitrogens with one attached hydrogen (secondary N) is 1. The van der Waals surface area contributed by atoms with Crippen LogP contribution in [0.25, 0.3) is 0 Å². The number of pyridine rings is 1. The van der Waals surface area contributed by atoms with E-state index >= 15 is 0 Å². The maximum Gasteiger partial charge on any atom is 0.300 e. The number of halogens is 2. The van der Waals surface area contributed by atoms with Crippen molar-refractivity contribution in [2.75, 3.05) is 14.2 Å². The summed E-state index contributed by atoms with van der Waals surface area (Å²) in [5.41, 5.74) is -1.40. The summed E-state index contributed by atoms with van der Waals surface area (Å²) in [4.78, 5) is 12.8. The van der Waals surface area contributed by atoms with Gasteiger partial charge in [-0.25, -0.2) is 4.99 Å². The maximum absolute atomic E-state index is 14.7. The summed E-state index contributed by atoms with van der Waals surface area (Å²) in [5, 5.41) is 22.9. The Kier molecular flexibility index (Phi) is 6.76. The Balaban J connectivity index is 1.98. The van der Waals surface area contributed by atoms with Gasteiger partial charge in [-0.05, 0) is 58.0 Å². The van der Waals surface area contributed by atoms with Gasteiger partial charge in [0.2, 0.25) is 5.88 Å². The molecule has 2 aromatic rings. The lowest BCUT2D eigenvalue weighted by Crippen LogP contribution is -2.40. The van der Waals surface area contributed by atoms with E-state index in [1.807, 2.05) is 6.92 Å². The highest BCUT2D eigenvalue weighted by Gasteiger charge is 2.48. The van der Waals surface area contributed by atoms with Gasteiger partial charge in [0, 0.05) is 24.2 Å². The average molecular weight is 470 g/mol. The third-order valence-electron chi connectivity index (χ3n) is 6.14. The van der Waals surface area contributed by atoms with Crippen LogP contribution in [0, 0.1) is 11.3 Å². The smallest absolute Gasteiger partial charge is 0.300 e. The first kappa shape index (κ1) is 25.2. The molecule has 1 atom stereocenters. The molecule has 1 fully saturated rings. The summed E-state index contributed by atoms with van der Waals surface area (Å²) in [5.74, 6) is -2.43. The lowest BCUT2D eigenvalue weighted by molar-refractivity contribution is -0.168. The van der Waals surface area contributed by atoms with Crippen LogP contribution < -0.4 is 10.1 Å². The van der Waals surface area contributed by atoms with Gasteiger partial charge in [0.15, 0.2) is 5.82 Å². The maximum atomic E-state index is 14.7. The molecule has 2 N–H and O–H groups in total. The van der Waals surface area contributed by atoms with Crippen molar-refractivity contribution in [3.8, 4) is 11.9 Å². The van der Waals surface area contributed by atoms with Crippen LogP contribution >= 0.6 is 0 Å². The highest BCUT2D eigenvalue weighted by molar-refractivity contribution is 6.03. The van der Waals surface area contributed by atoms with Crippen molar-refractivity contribution in [3.63, 3.8) is 0 Å². The van der Waals surface area contributed by atoms with Crippen LogP contribution in [-0.4, -0.2) is 42.4 Å². The van der Waals surface area contributed by atoms with Crippen molar-refractivity contribution >= 4 is 18.4 Å². The zero-order valence-electron chi connectivity index (χ0n) is 20.0. The van der Waals surface area contributed by atoms with Crippen LogP contribution in [0.5, 0.6) is 5.88 Å². The predicted octanol–water partition coefficient (Wildman–Crippen LogP) is 4.57. The Morgan fingerprint density at radius 2 is 2.03 bits per heavy atom. The second kappa shape index (κ2) is 9.11. The molecule has 1 heterocycles. The summed E-state index contributed by atoms with van der Waals surface area (Å²) in [6.07, 6.45) is 1.40. The molecule has 0 spiro atoms. The Labute approximate surface area is 198 Å². The van der Waals surface area contributed by atoms with Crippen LogP contribution in [0.1, 0.15) is 61.9 Å². The quantitative estimate of drug-likeness (QED) is 0.436. The van der Waals surface area contributed by atoms with E-state index in [4.69, 9.17) is 4.74 Å². The number of ether oxygens (including phenoxy) is 1. The number of methoxy groups -OCH3 is 1. The number of hydrogen-bond donors (Lipinski definition) is 2. The van der Waals surface area contributed by atoms with E-state index in [9.17, 15) is 19.1 Å². The molecule has 0 aliphatic heterocycles. The molecule has 180 valence electrons. The number of aliphatic imine (C=N–C) groups is 2. The van der Waals surface area contributed by atoms with Crippen molar-refractivity contribution in [2.24, 2.45) is 9.98 Å². The molecule has 0 radical (unpaired) electrons. The Morgan fingerprint density at radius 1 is 1.35 bits per heavy atom. The Hall–Kier alpha value is -3.38. The third-order valence-corrected chi connectivity index (χ3v) is 6.14. The number of alkyl halides is 2. The topological polar surface area (TPSA) is 103 Å². The number of nitriles is 1. The van der Waals surface area contributed by atoms with Crippen molar-refractivity contribution in [1.29, 1.82) is 5.26 Å². The van der Waals surface area contributed by atoms with Gasteiger partial charge in [-0.15, -0.1) is 0 Å².